The van der Waals surface area contributed by atoms with Gasteiger partial charge in [-0.2, -0.15) is 0 Å². The lowest BCUT2D eigenvalue weighted by atomic mass is 10.0. The third-order valence-corrected chi connectivity index (χ3v) is 5.15. The molecular formula is C19H21NO5S. The third kappa shape index (κ3) is 5.16. The molecule has 0 saturated carbocycles. The topological polar surface area (TPSA) is 101 Å². The minimum absolute atomic E-state index is 0.0649. The summed E-state index contributed by atoms with van der Waals surface area (Å²) in [6.07, 6.45) is 1.22. The second kappa shape index (κ2) is 8.14. The average Bonchev–Trinajstić information content (AvgIpc) is 2.58. The van der Waals surface area contributed by atoms with Gasteiger partial charge in [0, 0.05) is 18.2 Å². The van der Waals surface area contributed by atoms with E-state index in [1.807, 2.05) is 30.3 Å². The number of benzene rings is 2. The molecule has 2 aromatic rings. The molecular weight excluding hydrogens is 354 g/mol. The Labute approximate surface area is 152 Å². The Morgan fingerprint density at radius 1 is 1.12 bits per heavy atom. The van der Waals surface area contributed by atoms with E-state index in [0.717, 1.165) is 11.8 Å². The number of carbonyl (C=O) groups is 2. The van der Waals surface area contributed by atoms with Crippen LogP contribution in [0.1, 0.15) is 40.4 Å². The highest BCUT2D eigenvalue weighted by atomic mass is 32.2. The molecule has 2 N–H and O–H groups in total. The maximum atomic E-state index is 12.7. The van der Waals surface area contributed by atoms with Gasteiger partial charge in [0.25, 0.3) is 5.91 Å². The Bertz CT molecular complexity index is 907. The monoisotopic (exact) mass is 375 g/mol. The van der Waals surface area contributed by atoms with E-state index in [9.17, 15) is 18.0 Å². The lowest BCUT2D eigenvalue weighted by molar-refractivity contribution is -0.137. The highest BCUT2D eigenvalue weighted by Gasteiger charge is 2.19. The fourth-order valence-electron chi connectivity index (χ4n) is 2.59. The predicted octanol–water partition coefficient (Wildman–Crippen LogP) is 2.73. The smallest absolute Gasteiger partial charge is 0.303 e. The Morgan fingerprint density at radius 3 is 2.35 bits per heavy atom. The normalized spacial score (nSPS) is 12.4. The Balaban J connectivity index is 2.30. The predicted molar refractivity (Wildman–Crippen MR) is 97.8 cm³/mol. The van der Waals surface area contributed by atoms with Gasteiger partial charge >= 0.3 is 5.97 Å². The molecule has 2 aromatic carbocycles. The van der Waals surface area contributed by atoms with E-state index in [-0.39, 0.29) is 23.3 Å². The first-order valence-corrected chi connectivity index (χ1v) is 9.96. The molecule has 2 rings (SSSR count). The molecule has 1 amide bonds. The van der Waals surface area contributed by atoms with Gasteiger partial charge in [-0.1, -0.05) is 36.4 Å². The number of hydrogen-bond donors (Lipinski definition) is 2. The molecule has 138 valence electrons. The molecule has 26 heavy (non-hydrogen) atoms. The first-order valence-electron chi connectivity index (χ1n) is 8.07. The maximum absolute atomic E-state index is 12.7. The standard InChI is InChI=1S/C19H21NO5S/c1-13-8-9-15(26(2,24)25)12-16(13)19(23)20-17(10-11-18(21)22)14-6-4-3-5-7-14/h3-9,12,17H,10-11H2,1-2H3,(H,20,23)(H,21,22). The summed E-state index contributed by atoms with van der Waals surface area (Å²) in [5.74, 6) is -1.39. The molecule has 0 saturated heterocycles. The van der Waals surface area contributed by atoms with E-state index < -0.39 is 27.8 Å². The summed E-state index contributed by atoms with van der Waals surface area (Å²) in [4.78, 5) is 23.7. The van der Waals surface area contributed by atoms with Crippen molar-refractivity contribution < 1.29 is 23.1 Å². The summed E-state index contributed by atoms with van der Waals surface area (Å²) in [6, 6.07) is 13.0. The summed E-state index contributed by atoms with van der Waals surface area (Å²) in [5.41, 5.74) is 1.68. The summed E-state index contributed by atoms with van der Waals surface area (Å²) >= 11 is 0. The number of aryl methyl sites for hydroxylation is 1. The second-order valence-corrected chi connectivity index (χ2v) is 8.13. The van der Waals surface area contributed by atoms with E-state index in [1.165, 1.54) is 12.1 Å². The van der Waals surface area contributed by atoms with Crippen molar-refractivity contribution >= 4 is 21.7 Å². The molecule has 7 heteroatoms. The second-order valence-electron chi connectivity index (χ2n) is 6.12. The van der Waals surface area contributed by atoms with Crippen molar-refractivity contribution in [3.63, 3.8) is 0 Å². The van der Waals surface area contributed by atoms with Crippen LogP contribution in [0.4, 0.5) is 0 Å². The number of aliphatic carboxylic acids is 1. The first kappa shape index (κ1) is 19.7. The number of sulfone groups is 1. The van der Waals surface area contributed by atoms with Crippen molar-refractivity contribution in [2.45, 2.75) is 30.7 Å². The van der Waals surface area contributed by atoms with E-state index in [1.54, 1.807) is 13.0 Å². The first-order chi connectivity index (χ1) is 12.2. The lowest BCUT2D eigenvalue weighted by Crippen LogP contribution is -2.29. The number of carbonyl (C=O) groups excluding carboxylic acids is 1. The molecule has 0 heterocycles. The molecule has 0 aliphatic rings. The average molecular weight is 375 g/mol. The summed E-state index contributed by atoms with van der Waals surface area (Å²) in [6.45, 7) is 1.72. The van der Waals surface area contributed by atoms with Crippen LogP contribution in [0, 0.1) is 6.92 Å². The molecule has 0 radical (unpaired) electrons. The summed E-state index contributed by atoms with van der Waals surface area (Å²) in [7, 11) is -3.44. The fourth-order valence-corrected chi connectivity index (χ4v) is 3.23. The zero-order valence-electron chi connectivity index (χ0n) is 14.6. The zero-order chi connectivity index (χ0) is 19.3. The molecule has 6 nitrogen and oxygen atoms in total. The van der Waals surface area contributed by atoms with Crippen LogP contribution in [0.5, 0.6) is 0 Å². The molecule has 0 aliphatic carbocycles. The van der Waals surface area contributed by atoms with Crippen LogP contribution in [-0.2, 0) is 14.6 Å². The van der Waals surface area contributed by atoms with Crippen molar-refractivity contribution in [1.29, 1.82) is 0 Å². The van der Waals surface area contributed by atoms with Gasteiger partial charge in [-0.3, -0.25) is 9.59 Å². The van der Waals surface area contributed by atoms with Gasteiger partial charge in [-0.05, 0) is 36.6 Å². The molecule has 1 unspecified atom stereocenters. The number of rotatable bonds is 7. The number of carboxylic acids is 1. The van der Waals surface area contributed by atoms with Crippen LogP contribution in [0.3, 0.4) is 0 Å². The highest BCUT2D eigenvalue weighted by molar-refractivity contribution is 7.90. The number of hydrogen-bond acceptors (Lipinski definition) is 4. The largest absolute Gasteiger partial charge is 0.481 e. The number of amides is 1. The van der Waals surface area contributed by atoms with Crippen molar-refractivity contribution in [2.75, 3.05) is 6.26 Å². The minimum Gasteiger partial charge on any atom is -0.481 e. The van der Waals surface area contributed by atoms with E-state index in [2.05, 4.69) is 5.32 Å². The van der Waals surface area contributed by atoms with Gasteiger partial charge in [0.05, 0.1) is 10.9 Å². The van der Waals surface area contributed by atoms with Crippen LogP contribution in [0.25, 0.3) is 0 Å². The van der Waals surface area contributed by atoms with Crippen LogP contribution < -0.4 is 5.32 Å². The van der Waals surface area contributed by atoms with Crippen LogP contribution in [-0.4, -0.2) is 31.7 Å². The lowest BCUT2D eigenvalue weighted by Gasteiger charge is -2.19. The van der Waals surface area contributed by atoms with Gasteiger partial charge in [0.1, 0.15) is 0 Å². The Morgan fingerprint density at radius 2 is 1.77 bits per heavy atom. The third-order valence-electron chi connectivity index (χ3n) is 4.04. The van der Waals surface area contributed by atoms with Crippen LogP contribution >= 0.6 is 0 Å². The Hall–Kier alpha value is -2.67. The van der Waals surface area contributed by atoms with Gasteiger partial charge in [-0.15, -0.1) is 0 Å². The van der Waals surface area contributed by atoms with Crippen molar-refractivity contribution in [3.8, 4) is 0 Å². The van der Waals surface area contributed by atoms with E-state index in [4.69, 9.17) is 5.11 Å². The van der Waals surface area contributed by atoms with Gasteiger partial charge in [-0.25, -0.2) is 8.42 Å². The van der Waals surface area contributed by atoms with Crippen LogP contribution in [0.15, 0.2) is 53.4 Å². The molecule has 0 aromatic heterocycles. The van der Waals surface area contributed by atoms with E-state index in [0.29, 0.717) is 5.56 Å². The minimum atomic E-state index is -3.44. The zero-order valence-corrected chi connectivity index (χ0v) is 15.4. The van der Waals surface area contributed by atoms with E-state index >= 15 is 0 Å². The van der Waals surface area contributed by atoms with Gasteiger partial charge in [0.15, 0.2) is 9.84 Å². The number of nitrogens with one attached hydrogen (secondary N) is 1. The molecule has 0 bridgehead atoms. The summed E-state index contributed by atoms with van der Waals surface area (Å²) < 4.78 is 23.5. The maximum Gasteiger partial charge on any atom is 0.303 e. The molecule has 0 spiro atoms. The summed E-state index contributed by atoms with van der Waals surface area (Å²) in [5, 5.41) is 11.8. The highest BCUT2D eigenvalue weighted by Crippen LogP contribution is 2.21. The Kier molecular flexibility index (Phi) is 6.15. The molecule has 0 aliphatic heterocycles. The van der Waals surface area contributed by atoms with Crippen LogP contribution in [0.2, 0.25) is 0 Å². The van der Waals surface area contributed by atoms with Crippen molar-refractivity contribution in [1.82, 2.24) is 5.32 Å². The van der Waals surface area contributed by atoms with Gasteiger partial charge < -0.3 is 10.4 Å². The quantitative estimate of drug-likeness (QED) is 0.775. The molecule has 1 atom stereocenters. The van der Waals surface area contributed by atoms with Gasteiger partial charge in [0.2, 0.25) is 0 Å². The van der Waals surface area contributed by atoms with Crippen molar-refractivity contribution in [2.24, 2.45) is 0 Å². The fraction of sp³-hybridized carbons (Fsp3) is 0.263. The molecule has 0 fully saturated rings. The SMILES string of the molecule is Cc1ccc(S(C)(=O)=O)cc1C(=O)NC(CCC(=O)O)c1ccccc1. The van der Waals surface area contributed by atoms with Crippen molar-refractivity contribution in [3.05, 3.63) is 65.2 Å². The number of carboxylic acid groups (broad SMARTS) is 1.